The van der Waals surface area contributed by atoms with Crippen LogP contribution in [0.1, 0.15) is 41.6 Å². The number of piperidine rings is 1. The molecule has 0 aromatic heterocycles. The summed E-state index contributed by atoms with van der Waals surface area (Å²) in [4.78, 5) is 27.8. The highest BCUT2D eigenvalue weighted by atomic mass is 16.4. The molecule has 0 bridgehead atoms. The maximum Gasteiger partial charge on any atom is 0.335 e. The van der Waals surface area contributed by atoms with Gasteiger partial charge in [-0.05, 0) is 43.5 Å². The molecule has 0 saturated carbocycles. The molecule has 0 radical (unpaired) electrons. The van der Waals surface area contributed by atoms with Gasteiger partial charge in [-0.1, -0.05) is 18.6 Å². The zero-order valence-electron chi connectivity index (χ0n) is 13.4. The third-order valence-corrected chi connectivity index (χ3v) is 5.02. The lowest BCUT2D eigenvalue weighted by Crippen LogP contribution is -2.56. The van der Waals surface area contributed by atoms with Gasteiger partial charge in [0, 0.05) is 32.1 Å². The van der Waals surface area contributed by atoms with Gasteiger partial charge in [-0.25, -0.2) is 4.79 Å². The summed E-state index contributed by atoms with van der Waals surface area (Å²) < 4.78 is 0. The molecule has 1 amide bonds. The summed E-state index contributed by atoms with van der Waals surface area (Å²) in [6.45, 7) is 3.90. The summed E-state index contributed by atoms with van der Waals surface area (Å²) in [7, 11) is 0. The molecule has 1 aromatic carbocycles. The van der Waals surface area contributed by atoms with Crippen molar-refractivity contribution in [1.82, 2.24) is 9.80 Å². The molecule has 0 spiro atoms. The van der Waals surface area contributed by atoms with Crippen LogP contribution in [0, 0.1) is 0 Å². The second-order valence-electron chi connectivity index (χ2n) is 6.53. The molecule has 2 aliphatic heterocycles. The van der Waals surface area contributed by atoms with Crippen molar-refractivity contribution in [2.45, 2.75) is 38.1 Å². The second-order valence-corrected chi connectivity index (χ2v) is 6.53. The van der Waals surface area contributed by atoms with Crippen LogP contribution in [0.5, 0.6) is 0 Å². The number of fused-ring (bicyclic) bond motifs is 1. The Balaban J connectivity index is 1.50. The standard InChI is InChI=1S/C18H24N2O3/c21-17(9-6-14-4-7-15(8-5-14)18(22)23)20-12-11-19-10-2-1-3-16(19)13-20/h4-5,7-8,16H,1-3,6,9-13H2,(H,22,23). The fourth-order valence-electron chi connectivity index (χ4n) is 3.61. The molecule has 3 rings (SSSR count). The minimum atomic E-state index is -0.919. The Hall–Kier alpha value is -1.88. The summed E-state index contributed by atoms with van der Waals surface area (Å²) in [6.07, 6.45) is 4.94. The van der Waals surface area contributed by atoms with E-state index in [9.17, 15) is 9.59 Å². The van der Waals surface area contributed by atoms with Crippen LogP contribution in [0.25, 0.3) is 0 Å². The van der Waals surface area contributed by atoms with E-state index in [4.69, 9.17) is 5.11 Å². The maximum atomic E-state index is 12.4. The van der Waals surface area contributed by atoms with Crippen molar-refractivity contribution in [2.75, 3.05) is 26.2 Å². The molecule has 1 aromatic rings. The van der Waals surface area contributed by atoms with Gasteiger partial charge < -0.3 is 10.0 Å². The van der Waals surface area contributed by atoms with Gasteiger partial charge in [-0.3, -0.25) is 9.69 Å². The van der Waals surface area contributed by atoms with Crippen molar-refractivity contribution < 1.29 is 14.7 Å². The molecular weight excluding hydrogens is 292 g/mol. The summed E-state index contributed by atoms with van der Waals surface area (Å²) in [5.74, 6) is -0.699. The average molecular weight is 316 g/mol. The van der Waals surface area contributed by atoms with Crippen LogP contribution >= 0.6 is 0 Å². The number of hydrogen-bond donors (Lipinski definition) is 1. The van der Waals surface area contributed by atoms with Gasteiger partial charge in [0.2, 0.25) is 5.91 Å². The van der Waals surface area contributed by atoms with Crippen LogP contribution in [0.4, 0.5) is 0 Å². The minimum Gasteiger partial charge on any atom is -0.478 e. The maximum absolute atomic E-state index is 12.4. The van der Waals surface area contributed by atoms with Gasteiger partial charge in [0.15, 0.2) is 0 Å². The van der Waals surface area contributed by atoms with E-state index in [1.807, 2.05) is 4.90 Å². The molecule has 1 atom stereocenters. The van der Waals surface area contributed by atoms with Crippen molar-refractivity contribution in [3.05, 3.63) is 35.4 Å². The van der Waals surface area contributed by atoms with Gasteiger partial charge >= 0.3 is 5.97 Å². The van der Waals surface area contributed by atoms with Crippen LogP contribution < -0.4 is 0 Å². The third kappa shape index (κ3) is 3.91. The van der Waals surface area contributed by atoms with Crippen molar-refractivity contribution in [2.24, 2.45) is 0 Å². The first kappa shape index (κ1) is 16.0. The van der Waals surface area contributed by atoms with E-state index in [1.54, 1.807) is 24.3 Å². The summed E-state index contributed by atoms with van der Waals surface area (Å²) in [5, 5.41) is 8.89. The molecule has 2 heterocycles. The Labute approximate surface area is 136 Å². The molecule has 1 N–H and O–H groups in total. The summed E-state index contributed by atoms with van der Waals surface area (Å²) in [5.41, 5.74) is 1.30. The molecule has 2 fully saturated rings. The van der Waals surface area contributed by atoms with E-state index in [0.29, 0.717) is 18.9 Å². The second kappa shape index (κ2) is 7.13. The number of carbonyl (C=O) groups excluding carboxylic acids is 1. The van der Waals surface area contributed by atoms with Crippen LogP contribution in [-0.2, 0) is 11.2 Å². The van der Waals surface area contributed by atoms with E-state index in [0.717, 1.165) is 25.2 Å². The molecule has 2 saturated heterocycles. The highest BCUT2D eigenvalue weighted by Gasteiger charge is 2.30. The topological polar surface area (TPSA) is 60.9 Å². The lowest BCUT2D eigenvalue weighted by molar-refractivity contribution is -0.134. The Morgan fingerprint density at radius 2 is 1.87 bits per heavy atom. The highest BCUT2D eigenvalue weighted by molar-refractivity contribution is 5.87. The number of aromatic carboxylic acids is 1. The predicted octanol–water partition coefficient (Wildman–Crippen LogP) is 2.01. The monoisotopic (exact) mass is 316 g/mol. The number of benzene rings is 1. The number of amides is 1. The molecule has 124 valence electrons. The fourth-order valence-corrected chi connectivity index (χ4v) is 3.61. The van der Waals surface area contributed by atoms with E-state index >= 15 is 0 Å². The van der Waals surface area contributed by atoms with Crippen molar-refractivity contribution in [1.29, 1.82) is 0 Å². The molecule has 23 heavy (non-hydrogen) atoms. The number of carbonyl (C=O) groups is 2. The Morgan fingerprint density at radius 1 is 1.09 bits per heavy atom. The molecule has 5 heteroatoms. The molecule has 5 nitrogen and oxygen atoms in total. The summed E-state index contributed by atoms with van der Waals surface area (Å²) >= 11 is 0. The zero-order valence-corrected chi connectivity index (χ0v) is 13.4. The van der Waals surface area contributed by atoms with Crippen molar-refractivity contribution >= 4 is 11.9 Å². The SMILES string of the molecule is O=C(O)c1ccc(CCC(=O)N2CCN3CCCCC3C2)cc1. The first-order chi connectivity index (χ1) is 11.1. The normalized spacial score (nSPS) is 21.7. The summed E-state index contributed by atoms with van der Waals surface area (Å²) in [6, 6.07) is 7.36. The largest absolute Gasteiger partial charge is 0.478 e. The van der Waals surface area contributed by atoms with Crippen LogP contribution in [0.3, 0.4) is 0 Å². The van der Waals surface area contributed by atoms with Gasteiger partial charge in [0.1, 0.15) is 0 Å². The molecule has 2 aliphatic rings. The number of aryl methyl sites for hydroxylation is 1. The highest BCUT2D eigenvalue weighted by Crippen LogP contribution is 2.21. The number of piperazine rings is 1. The number of carboxylic acids is 1. The average Bonchev–Trinajstić information content (AvgIpc) is 2.59. The van der Waals surface area contributed by atoms with Crippen LogP contribution in [0.2, 0.25) is 0 Å². The lowest BCUT2D eigenvalue weighted by atomic mass is 9.99. The van der Waals surface area contributed by atoms with E-state index < -0.39 is 5.97 Å². The van der Waals surface area contributed by atoms with E-state index in [2.05, 4.69) is 4.90 Å². The third-order valence-electron chi connectivity index (χ3n) is 5.02. The molecule has 0 aliphatic carbocycles. The first-order valence-electron chi connectivity index (χ1n) is 8.47. The minimum absolute atomic E-state index is 0.220. The van der Waals surface area contributed by atoms with Gasteiger partial charge in [0.05, 0.1) is 5.56 Å². The predicted molar refractivity (Wildman–Crippen MR) is 87.5 cm³/mol. The van der Waals surface area contributed by atoms with Crippen LogP contribution in [0.15, 0.2) is 24.3 Å². The van der Waals surface area contributed by atoms with E-state index in [1.165, 1.54) is 25.8 Å². The first-order valence-corrected chi connectivity index (χ1v) is 8.47. The van der Waals surface area contributed by atoms with Crippen LogP contribution in [-0.4, -0.2) is 59.0 Å². The van der Waals surface area contributed by atoms with Gasteiger partial charge in [-0.2, -0.15) is 0 Å². The lowest BCUT2D eigenvalue weighted by Gasteiger charge is -2.44. The van der Waals surface area contributed by atoms with Gasteiger partial charge in [0.25, 0.3) is 0 Å². The number of nitrogens with zero attached hydrogens (tertiary/aromatic N) is 2. The zero-order chi connectivity index (χ0) is 16.2. The Kier molecular flexibility index (Phi) is 4.96. The number of carboxylic acid groups (broad SMARTS) is 1. The number of hydrogen-bond acceptors (Lipinski definition) is 3. The van der Waals surface area contributed by atoms with Gasteiger partial charge in [-0.15, -0.1) is 0 Å². The fraction of sp³-hybridized carbons (Fsp3) is 0.556. The van der Waals surface area contributed by atoms with Crippen molar-refractivity contribution in [3.8, 4) is 0 Å². The quantitative estimate of drug-likeness (QED) is 0.923. The molecule has 1 unspecified atom stereocenters. The smallest absolute Gasteiger partial charge is 0.335 e. The molecular formula is C18H24N2O3. The van der Waals surface area contributed by atoms with E-state index in [-0.39, 0.29) is 11.5 Å². The Morgan fingerprint density at radius 3 is 2.61 bits per heavy atom. The van der Waals surface area contributed by atoms with Crippen molar-refractivity contribution in [3.63, 3.8) is 0 Å². The Bertz CT molecular complexity index is 570. The number of rotatable bonds is 4.